The van der Waals surface area contributed by atoms with Crippen LogP contribution in [0.25, 0.3) is 22.5 Å². The molecule has 144 valence electrons. The van der Waals surface area contributed by atoms with Crippen molar-refractivity contribution in [3.8, 4) is 22.5 Å². The lowest BCUT2D eigenvalue weighted by molar-refractivity contribution is 0.102. The van der Waals surface area contributed by atoms with Crippen LogP contribution in [0.3, 0.4) is 0 Å². The SMILES string of the molecule is CCc1ncccc1-c1ccnc(C(=O)Nc2cccc(-c3nncn3C)c2)c1. The number of aromatic nitrogens is 5. The number of amides is 1. The van der Waals surface area contributed by atoms with Crippen molar-refractivity contribution in [3.05, 3.63) is 78.6 Å². The normalized spacial score (nSPS) is 10.7. The molecule has 3 heterocycles. The Bertz CT molecular complexity index is 1170. The molecule has 0 fully saturated rings. The lowest BCUT2D eigenvalue weighted by Crippen LogP contribution is -2.13. The molecule has 0 atom stereocenters. The number of nitrogens with one attached hydrogen (secondary N) is 1. The summed E-state index contributed by atoms with van der Waals surface area (Å²) < 4.78 is 1.82. The highest BCUT2D eigenvalue weighted by Gasteiger charge is 2.12. The van der Waals surface area contributed by atoms with Crippen molar-refractivity contribution in [2.24, 2.45) is 7.05 Å². The van der Waals surface area contributed by atoms with Crippen LogP contribution in [0, 0.1) is 0 Å². The molecule has 0 bridgehead atoms. The van der Waals surface area contributed by atoms with E-state index in [1.807, 2.05) is 54.1 Å². The van der Waals surface area contributed by atoms with Crippen LogP contribution in [0.2, 0.25) is 0 Å². The standard InChI is InChI=1S/C22H20N6O/c1-3-19-18(8-5-10-23-19)15-9-11-24-20(13-15)22(29)26-17-7-4-6-16(12-17)21-27-25-14-28(21)2/h4-14H,3H2,1-2H3,(H,26,29). The Morgan fingerprint density at radius 3 is 2.72 bits per heavy atom. The van der Waals surface area contributed by atoms with E-state index in [2.05, 4.69) is 32.4 Å². The van der Waals surface area contributed by atoms with Crippen molar-refractivity contribution in [1.82, 2.24) is 24.7 Å². The zero-order chi connectivity index (χ0) is 20.2. The zero-order valence-electron chi connectivity index (χ0n) is 16.2. The number of carbonyl (C=O) groups excluding carboxylic acids is 1. The van der Waals surface area contributed by atoms with Crippen LogP contribution in [-0.2, 0) is 13.5 Å². The van der Waals surface area contributed by atoms with Crippen molar-refractivity contribution in [3.63, 3.8) is 0 Å². The van der Waals surface area contributed by atoms with Gasteiger partial charge in [-0.25, -0.2) is 0 Å². The predicted octanol–water partition coefficient (Wildman–Crippen LogP) is 3.75. The summed E-state index contributed by atoms with van der Waals surface area (Å²) in [6.07, 6.45) is 5.88. The van der Waals surface area contributed by atoms with Crippen LogP contribution in [0.15, 0.2) is 67.3 Å². The molecule has 0 aliphatic rings. The Labute approximate surface area is 168 Å². The van der Waals surface area contributed by atoms with Gasteiger partial charge in [0.1, 0.15) is 12.0 Å². The third-order valence-electron chi connectivity index (χ3n) is 4.62. The van der Waals surface area contributed by atoms with E-state index in [1.165, 1.54) is 0 Å². The molecule has 7 heteroatoms. The first-order valence-corrected chi connectivity index (χ1v) is 9.32. The van der Waals surface area contributed by atoms with Gasteiger partial charge in [0.2, 0.25) is 0 Å². The number of benzene rings is 1. The monoisotopic (exact) mass is 384 g/mol. The predicted molar refractivity (Wildman–Crippen MR) is 111 cm³/mol. The number of anilines is 1. The molecule has 1 N–H and O–H groups in total. The number of rotatable bonds is 5. The van der Waals surface area contributed by atoms with Crippen molar-refractivity contribution in [1.29, 1.82) is 0 Å². The van der Waals surface area contributed by atoms with Crippen LogP contribution in [0.4, 0.5) is 5.69 Å². The molecular weight excluding hydrogens is 364 g/mol. The topological polar surface area (TPSA) is 85.6 Å². The fraction of sp³-hybridized carbons (Fsp3) is 0.136. The van der Waals surface area contributed by atoms with E-state index in [9.17, 15) is 4.79 Å². The second-order valence-electron chi connectivity index (χ2n) is 6.58. The quantitative estimate of drug-likeness (QED) is 0.566. The van der Waals surface area contributed by atoms with E-state index in [1.54, 1.807) is 24.8 Å². The number of carbonyl (C=O) groups is 1. The van der Waals surface area contributed by atoms with Gasteiger partial charge < -0.3 is 9.88 Å². The van der Waals surface area contributed by atoms with Crippen LogP contribution >= 0.6 is 0 Å². The summed E-state index contributed by atoms with van der Waals surface area (Å²) in [7, 11) is 1.87. The summed E-state index contributed by atoms with van der Waals surface area (Å²) in [5.41, 5.74) is 4.79. The van der Waals surface area contributed by atoms with Crippen molar-refractivity contribution >= 4 is 11.6 Å². The van der Waals surface area contributed by atoms with E-state index in [0.717, 1.165) is 34.6 Å². The number of hydrogen-bond donors (Lipinski definition) is 1. The minimum absolute atomic E-state index is 0.274. The lowest BCUT2D eigenvalue weighted by Gasteiger charge is -2.09. The van der Waals surface area contributed by atoms with Gasteiger partial charge in [0.15, 0.2) is 5.82 Å². The van der Waals surface area contributed by atoms with Gasteiger partial charge in [-0.05, 0) is 42.3 Å². The molecule has 0 radical (unpaired) electrons. The van der Waals surface area contributed by atoms with Gasteiger partial charge in [0, 0.05) is 41.9 Å². The number of pyridine rings is 2. The van der Waals surface area contributed by atoms with Crippen molar-refractivity contribution in [2.45, 2.75) is 13.3 Å². The summed E-state index contributed by atoms with van der Waals surface area (Å²) in [4.78, 5) is 21.5. The molecule has 29 heavy (non-hydrogen) atoms. The molecule has 0 saturated heterocycles. The summed E-state index contributed by atoms with van der Waals surface area (Å²) in [6, 6.07) is 15.1. The van der Waals surface area contributed by atoms with Gasteiger partial charge in [0.05, 0.1) is 0 Å². The molecule has 7 nitrogen and oxygen atoms in total. The van der Waals surface area contributed by atoms with Crippen LogP contribution < -0.4 is 5.32 Å². The van der Waals surface area contributed by atoms with Gasteiger partial charge in [-0.2, -0.15) is 0 Å². The molecule has 1 aromatic carbocycles. The van der Waals surface area contributed by atoms with Gasteiger partial charge in [0.25, 0.3) is 5.91 Å². The highest BCUT2D eigenvalue weighted by molar-refractivity contribution is 6.03. The average Bonchev–Trinajstić information content (AvgIpc) is 3.20. The fourth-order valence-corrected chi connectivity index (χ4v) is 3.18. The molecule has 4 aromatic rings. The van der Waals surface area contributed by atoms with Crippen molar-refractivity contribution < 1.29 is 4.79 Å². The van der Waals surface area contributed by atoms with Crippen LogP contribution in [-0.4, -0.2) is 30.6 Å². The average molecular weight is 384 g/mol. The highest BCUT2D eigenvalue weighted by atomic mass is 16.1. The Kier molecular flexibility index (Phi) is 5.11. The summed E-state index contributed by atoms with van der Waals surface area (Å²) >= 11 is 0. The van der Waals surface area contributed by atoms with E-state index in [4.69, 9.17) is 0 Å². The van der Waals surface area contributed by atoms with Gasteiger partial charge >= 0.3 is 0 Å². The molecule has 3 aromatic heterocycles. The zero-order valence-corrected chi connectivity index (χ0v) is 16.2. The number of nitrogens with zero attached hydrogens (tertiary/aromatic N) is 5. The molecule has 0 aliphatic heterocycles. The Balaban J connectivity index is 1.59. The maximum absolute atomic E-state index is 12.8. The molecule has 0 spiro atoms. The molecule has 0 saturated carbocycles. The first-order chi connectivity index (χ1) is 14.2. The Morgan fingerprint density at radius 2 is 1.93 bits per heavy atom. The molecular formula is C22H20N6O. The van der Waals surface area contributed by atoms with Crippen LogP contribution in [0.5, 0.6) is 0 Å². The molecule has 0 unspecified atom stereocenters. The second-order valence-corrected chi connectivity index (χ2v) is 6.58. The highest BCUT2D eigenvalue weighted by Crippen LogP contribution is 2.24. The van der Waals surface area contributed by atoms with Crippen LogP contribution in [0.1, 0.15) is 23.1 Å². The first kappa shape index (κ1) is 18.5. The molecule has 4 rings (SSSR count). The van der Waals surface area contributed by atoms with E-state index >= 15 is 0 Å². The largest absolute Gasteiger partial charge is 0.321 e. The smallest absolute Gasteiger partial charge is 0.274 e. The summed E-state index contributed by atoms with van der Waals surface area (Å²) in [5.74, 6) is 0.453. The van der Waals surface area contributed by atoms with E-state index in [0.29, 0.717) is 11.4 Å². The third kappa shape index (κ3) is 3.89. The minimum atomic E-state index is -0.274. The third-order valence-corrected chi connectivity index (χ3v) is 4.62. The number of hydrogen-bond acceptors (Lipinski definition) is 5. The van der Waals surface area contributed by atoms with Gasteiger partial charge in [-0.1, -0.05) is 25.1 Å². The lowest BCUT2D eigenvalue weighted by atomic mass is 10.0. The van der Waals surface area contributed by atoms with E-state index < -0.39 is 0 Å². The number of aryl methyl sites for hydroxylation is 2. The molecule has 1 amide bonds. The maximum Gasteiger partial charge on any atom is 0.274 e. The van der Waals surface area contributed by atoms with Crippen molar-refractivity contribution in [2.75, 3.05) is 5.32 Å². The summed E-state index contributed by atoms with van der Waals surface area (Å²) in [6.45, 7) is 2.06. The minimum Gasteiger partial charge on any atom is -0.321 e. The maximum atomic E-state index is 12.8. The van der Waals surface area contributed by atoms with Gasteiger partial charge in [-0.15, -0.1) is 10.2 Å². The van der Waals surface area contributed by atoms with Gasteiger partial charge in [-0.3, -0.25) is 14.8 Å². The van der Waals surface area contributed by atoms with E-state index in [-0.39, 0.29) is 5.91 Å². The first-order valence-electron chi connectivity index (χ1n) is 9.32. The Morgan fingerprint density at radius 1 is 1.03 bits per heavy atom. The second kappa shape index (κ2) is 8.02. The Hall–Kier alpha value is -3.87. The fourth-order valence-electron chi connectivity index (χ4n) is 3.18. The molecule has 0 aliphatic carbocycles. The summed E-state index contributed by atoms with van der Waals surface area (Å²) in [5, 5.41) is 10.9.